The Morgan fingerprint density at radius 3 is 2.75 bits per heavy atom. The molecule has 1 fully saturated rings. The van der Waals surface area contributed by atoms with Crippen molar-refractivity contribution in [1.82, 2.24) is 10.3 Å². The minimum Gasteiger partial charge on any atom is -0.383 e. The van der Waals surface area contributed by atoms with Gasteiger partial charge in [-0.1, -0.05) is 0 Å². The summed E-state index contributed by atoms with van der Waals surface area (Å²) in [6.45, 7) is 1.07. The topological polar surface area (TPSA) is 45.2 Å². The Hall–Kier alpha value is -0.660. The number of aliphatic hydroxyl groups is 1. The molecule has 2 N–H and O–H groups in total. The Morgan fingerprint density at radius 1 is 1.50 bits per heavy atom. The summed E-state index contributed by atoms with van der Waals surface area (Å²) in [5.74, 6) is 0. The van der Waals surface area contributed by atoms with Crippen molar-refractivity contribution in [3.8, 4) is 0 Å². The van der Waals surface area contributed by atoms with E-state index in [4.69, 9.17) is 0 Å². The number of rotatable bonds is 1. The molecule has 1 atom stereocenters. The van der Waals surface area contributed by atoms with Gasteiger partial charge in [-0.05, 0) is 19.4 Å². The zero-order chi connectivity index (χ0) is 11.8. The highest BCUT2D eigenvalue weighted by Crippen LogP contribution is 2.38. The number of alkyl halides is 3. The van der Waals surface area contributed by atoms with E-state index in [1.807, 2.05) is 0 Å². The molecule has 0 spiro atoms. The van der Waals surface area contributed by atoms with Crippen LogP contribution < -0.4 is 5.32 Å². The van der Waals surface area contributed by atoms with Gasteiger partial charge in [-0.2, -0.15) is 13.2 Å². The van der Waals surface area contributed by atoms with E-state index >= 15 is 0 Å². The molecule has 0 amide bonds. The number of hydrogen-bond donors (Lipinski definition) is 2. The van der Waals surface area contributed by atoms with E-state index in [0.717, 1.165) is 19.2 Å². The second kappa shape index (κ2) is 3.97. The molecule has 2 heterocycles. The van der Waals surface area contributed by atoms with E-state index in [-0.39, 0.29) is 11.4 Å². The fourth-order valence-corrected chi connectivity index (χ4v) is 2.62. The zero-order valence-electron chi connectivity index (χ0n) is 8.34. The van der Waals surface area contributed by atoms with Gasteiger partial charge in [-0.3, -0.25) is 0 Å². The average molecular weight is 252 g/mol. The highest BCUT2D eigenvalue weighted by atomic mass is 32.1. The van der Waals surface area contributed by atoms with E-state index in [9.17, 15) is 18.3 Å². The molecule has 1 aliphatic heterocycles. The largest absolute Gasteiger partial charge is 0.443 e. The fourth-order valence-electron chi connectivity index (χ4n) is 1.72. The molecule has 1 aromatic heterocycles. The minimum atomic E-state index is -4.43. The molecule has 2 rings (SSSR count). The first-order valence-corrected chi connectivity index (χ1v) is 5.70. The van der Waals surface area contributed by atoms with Crippen molar-refractivity contribution in [3.63, 3.8) is 0 Å². The van der Waals surface area contributed by atoms with Crippen molar-refractivity contribution in [1.29, 1.82) is 0 Å². The predicted octanol–water partition coefficient (Wildman–Crippen LogP) is 1.73. The second-order valence-electron chi connectivity index (χ2n) is 3.84. The molecule has 90 valence electrons. The van der Waals surface area contributed by atoms with Crippen LogP contribution in [-0.2, 0) is 11.8 Å². The summed E-state index contributed by atoms with van der Waals surface area (Å²) < 4.78 is 37.0. The average Bonchev–Trinajstić information content (AvgIpc) is 2.67. The van der Waals surface area contributed by atoms with Gasteiger partial charge in [-0.15, -0.1) is 11.3 Å². The maximum Gasteiger partial charge on any atom is 0.443 e. The van der Waals surface area contributed by atoms with Crippen LogP contribution >= 0.6 is 11.3 Å². The van der Waals surface area contributed by atoms with E-state index in [1.54, 1.807) is 0 Å². The zero-order valence-corrected chi connectivity index (χ0v) is 9.16. The normalized spacial score (nSPS) is 27.0. The van der Waals surface area contributed by atoms with Gasteiger partial charge < -0.3 is 10.4 Å². The van der Waals surface area contributed by atoms with Crippen LogP contribution in [0.25, 0.3) is 0 Å². The van der Waals surface area contributed by atoms with Crippen LogP contribution in [0.2, 0.25) is 0 Å². The fraction of sp³-hybridized carbons (Fsp3) is 0.667. The molecule has 0 bridgehead atoms. The quantitative estimate of drug-likeness (QED) is 0.800. The summed E-state index contributed by atoms with van der Waals surface area (Å²) in [4.78, 5) is 3.60. The van der Waals surface area contributed by atoms with Gasteiger partial charge in [0.15, 0.2) is 5.01 Å². The van der Waals surface area contributed by atoms with Crippen molar-refractivity contribution < 1.29 is 18.3 Å². The van der Waals surface area contributed by atoms with Crippen LogP contribution in [0.3, 0.4) is 0 Å². The van der Waals surface area contributed by atoms with Crippen molar-refractivity contribution in [2.75, 3.05) is 13.1 Å². The van der Waals surface area contributed by atoms with Gasteiger partial charge in [0.05, 0.1) is 4.88 Å². The lowest BCUT2D eigenvalue weighted by Gasteiger charge is -2.31. The molecule has 0 aliphatic carbocycles. The van der Waals surface area contributed by atoms with Gasteiger partial charge in [0, 0.05) is 12.7 Å². The predicted molar refractivity (Wildman–Crippen MR) is 53.1 cm³/mol. The second-order valence-corrected chi connectivity index (χ2v) is 4.87. The molecule has 1 unspecified atom stereocenters. The molecule has 7 heteroatoms. The molecule has 0 radical (unpaired) electrons. The van der Waals surface area contributed by atoms with Crippen LogP contribution in [0.15, 0.2) is 6.20 Å². The number of nitrogens with one attached hydrogen (secondary N) is 1. The standard InChI is InChI=1S/C9H11F3N2OS/c10-9(11,12)7-14-4-6(16-7)8(15)2-1-3-13-5-8/h4,13,15H,1-3,5H2. The lowest BCUT2D eigenvalue weighted by molar-refractivity contribution is -0.137. The summed E-state index contributed by atoms with van der Waals surface area (Å²) in [7, 11) is 0. The molecule has 3 nitrogen and oxygen atoms in total. The molecule has 0 saturated carbocycles. The lowest BCUT2D eigenvalue weighted by atomic mass is 9.93. The van der Waals surface area contributed by atoms with Crippen LogP contribution in [0, 0.1) is 0 Å². The first-order chi connectivity index (χ1) is 7.42. The number of nitrogens with zero attached hydrogens (tertiary/aromatic N) is 1. The van der Waals surface area contributed by atoms with E-state index in [1.165, 1.54) is 0 Å². The summed E-state index contributed by atoms with van der Waals surface area (Å²) in [5.41, 5.74) is -1.20. The van der Waals surface area contributed by atoms with Crippen molar-refractivity contribution >= 4 is 11.3 Å². The first kappa shape index (κ1) is 11.8. The van der Waals surface area contributed by atoms with Gasteiger partial charge in [-0.25, -0.2) is 4.98 Å². The maximum absolute atomic E-state index is 12.3. The molecule has 1 aliphatic rings. The Labute approximate surface area is 94.3 Å². The summed E-state index contributed by atoms with van der Waals surface area (Å²) in [6, 6.07) is 0. The maximum atomic E-state index is 12.3. The highest BCUT2D eigenvalue weighted by molar-refractivity contribution is 7.11. The lowest BCUT2D eigenvalue weighted by Crippen LogP contribution is -2.42. The number of β-amino-alcohol motifs (C(OH)–C–C–N with tert-alkyl or cyclic N) is 1. The summed E-state index contributed by atoms with van der Waals surface area (Å²) in [6.07, 6.45) is -2.09. The SMILES string of the molecule is OC1(c2cnc(C(F)(F)F)s2)CCCNC1. The summed E-state index contributed by atoms with van der Waals surface area (Å²) >= 11 is 0.519. The van der Waals surface area contributed by atoms with Gasteiger partial charge in [0.1, 0.15) is 5.60 Å². The van der Waals surface area contributed by atoms with Crippen LogP contribution in [-0.4, -0.2) is 23.2 Å². The van der Waals surface area contributed by atoms with Crippen molar-refractivity contribution in [3.05, 3.63) is 16.1 Å². The number of hydrogen-bond acceptors (Lipinski definition) is 4. The number of piperidine rings is 1. The van der Waals surface area contributed by atoms with Crippen LogP contribution in [0.1, 0.15) is 22.7 Å². The van der Waals surface area contributed by atoms with Crippen LogP contribution in [0.5, 0.6) is 0 Å². The molecular formula is C9H11F3N2OS. The Balaban J connectivity index is 2.24. The third-order valence-electron chi connectivity index (χ3n) is 2.57. The van der Waals surface area contributed by atoms with Crippen molar-refractivity contribution in [2.24, 2.45) is 0 Å². The number of thiazole rings is 1. The third kappa shape index (κ3) is 2.21. The molecular weight excluding hydrogens is 241 g/mol. The number of halogens is 3. The Bertz CT molecular complexity index is 371. The molecule has 0 aromatic carbocycles. The van der Waals surface area contributed by atoms with Gasteiger partial charge in [0.25, 0.3) is 0 Å². The van der Waals surface area contributed by atoms with E-state index in [0.29, 0.717) is 17.8 Å². The van der Waals surface area contributed by atoms with E-state index < -0.39 is 16.8 Å². The smallest absolute Gasteiger partial charge is 0.383 e. The minimum absolute atomic E-state index is 0.284. The van der Waals surface area contributed by atoms with Crippen LogP contribution in [0.4, 0.5) is 13.2 Å². The van der Waals surface area contributed by atoms with Gasteiger partial charge >= 0.3 is 6.18 Å². The monoisotopic (exact) mass is 252 g/mol. The Morgan fingerprint density at radius 2 is 2.25 bits per heavy atom. The van der Waals surface area contributed by atoms with E-state index in [2.05, 4.69) is 10.3 Å². The molecule has 1 saturated heterocycles. The Kier molecular flexibility index (Phi) is 2.93. The first-order valence-electron chi connectivity index (χ1n) is 4.88. The molecule has 1 aromatic rings. The van der Waals surface area contributed by atoms with Gasteiger partial charge in [0.2, 0.25) is 0 Å². The summed E-state index contributed by atoms with van der Waals surface area (Å²) in [5, 5.41) is 12.2. The van der Waals surface area contributed by atoms with Crippen molar-refractivity contribution in [2.45, 2.75) is 24.6 Å². The molecule has 16 heavy (non-hydrogen) atoms. The highest BCUT2D eigenvalue weighted by Gasteiger charge is 2.39. The number of aromatic nitrogens is 1. The third-order valence-corrected chi connectivity index (χ3v) is 3.80.